The van der Waals surface area contributed by atoms with E-state index in [1.54, 1.807) is 0 Å². The monoisotopic (exact) mass is 200 g/mol. The van der Waals surface area contributed by atoms with Gasteiger partial charge in [-0.15, -0.1) is 0 Å². The Kier molecular flexibility index (Phi) is 12.1. The molecule has 0 aromatic carbocycles. The van der Waals surface area contributed by atoms with Crippen LogP contribution in [-0.4, -0.2) is 19.8 Å². The first-order chi connectivity index (χ1) is 6.91. The van der Waals surface area contributed by atoms with Crippen LogP contribution in [0.15, 0.2) is 12.8 Å². The van der Waals surface area contributed by atoms with Crippen molar-refractivity contribution in [2.75, 3.05) is 19.8 Å². The first-order valence-electron chi connectivity index (χ1n) is 5.72. The number of rotatable bonds is 11. The highest BCUT2D eigenvalue weighted by molar-refractivity contribution is 4.49. The summed E-state index contributed by atoms with van der Waals surface area (Å²) in [5.41, 5.74) is 0. The van der Waals surface area contributed by atoms with Gasteiger partial charge in [0, 0.05) is 13.2 Å². The van der Waals surface area contributed by atoms with E-state index < -0.39 is 0 Å². The molecule has 0 unspecified atom stereocenters. The van der Waals surface area contributed by atoms with Gasteiger partial charge in [0.1, 0.15) is 0 Å². The van der Waals surface area contributed by atoms with Gasteiger partial charge < -0.3 is 9.47 Å². The first-order valence-corrected chi connectivity index (χ1v) is 5.72. The lowest BCUT2D eigenvalue weighted by atomic mass is 10.2. The highest BCUT2D eigenvalue weighted by atomic mass is 16.5. The van der Waals surface area contributed by atoms with Crippen LogP contribution in [0.4, 0.5) is 0 Å². The van der Waals surface area contributed by atoms with Gasteiger partial charge in [-0.25, -0.2) is 0 Å². The molecule has 0 fully saturated rings. The summed E-state index contributed by atoms with van der Waals surface area (Å²) in [6, 6.07) is 0. The second kappa shape index (κ2) is 12.5. The molecule has 0 rings (SSSR count). The Bertz CT molecular complexity index is 113. The maximum Gasteiger partial charge on any atom is 0.0873 e. The van der Waals surface area contributed by atoms with E-state index in [2.05, 4.69) is 13.5 Å². The lowest BCUT2D eigenvalue weighted by Crippen LogP contribution is -1.96. The lowest BCUT2D eigenvalue weighted by molar-refractivity contribution is 0.126. The summed E-state index contributed by atoms with van der Waals surface area (Å²) in [4.78, 5) is 0. The minimum absolute atomic E-state index is 0.806. The molecule has 0 aliphatic rings. The molecular weight excluding hydrogens is 176 g/mol. The highest BCUT2D eigenvalue weighted by Gasteiger charge is 1.91. The Morgan fingerprint density at radius 1 is 0.929 bits per heavy atom. The van der Waals surface area contributed by atoms with Crippen molar-refractivity contribution in [1.29, 1.82) is 0 Å². The summed E-state index contributed by atoms with van der Waals surface area (Å²) in [6.07, 6.45) is 8.69. The molecule has 0 N–H and O–H groups in total. The van der Waals surface area contributed by atoms with Crippen LogP contribution >= 0.6 is 0 Å². The van der Waals surface area contributed by atoms with Gasteiger partial charge in [0.25, 0.3) is 0 Å². The average Bonchev–Trinajstić information content (AvgIpc) is 2.21. The van der Waals surface area contributed by atoms with Crippen molar-refractivity contribution in [3.63, 3.8) is 0 Å². The summed E-state index contributed by atoms with van der Waals surface area (Å²) in [6.45, 7) is 8.33. The minimum atomic E-state index is 0.806. The second-order valence-electron chi connectivity index (χ2n) is 3.42. The largest absolute Gasteiger partial charge is 0.502 e. The van der Waals surface area contributed by atoms with Crippen molar-refractivity contribution in [2.24, 2.45) is 0 Å². The standard InChI is InChI=1S/C12H24O2/c1-3-5-10-14-12-9-7-6-8-11-13-4-2/h4H,2-3,5-12H2,1H3. The minimum Gasteiger partial charge on any atom is -0.502 e. The van der Waals surface area contributed by atoms with Gasteiger partial charge >= 0.3 is 0 Å². The van der Waals surface area contributed by atoms with Gasteiger partial charge in [-0.2, -0.15) is 0 Å². The molecule has 0 aromatic heterocycles. The smallest absolute Gasteiger partial charge is 0.0873 e. The quantitative estimate of drug-likeness (QED) is 0.375. The number of ether oxygens (including phenoxy) is 2. The topological polar surface area (TPSA) is 18.5 Å². The lowest BCUT2D eigenvalue weighted by Gasteiger charge is -2.03. The van der Waals surface area contributed by atoms with Gasteiger partial charge in [-0.1, -0.05) is 26.3 Å². The van der Waals surface area contributed by atoms with Crippen molar-refractivity contribution in [3.8, 4) is 0 Å². The van der Waals surface area contributed by atoms with Crippen LogP contribution in [0, 0.1) is 0 Å². The fourth-order valence-corrected chi connectivity index (χ4v) is 1.17. The van der Waals surface area contributed by atoms with Gasteiger partial charge in [-0.05, 0) is 25.7 Å². The Morgan fingerprint density at radius 3 is 2.21 bits per heavy atom. The Morgan fingerprint density at radius 2 is 1.57 bits per heavy atom. The second-order valence-corrected chi connectivity index (χ2v) is 3.42. The Hall–Kier alpha value is -0.500. The third-order valence-corrected chi connectivity index (χ3v) is 2.06. The molecule has 0 aliphatic carbocycles. The zero-order valence-electron chi connectivity index (χ0n) is 9.46. The van der Waals surface area contributed by atoms with Crippen molar-refractivity contribution in [1.82, 2.24) is 0 Å². The average molecular weight is 200 g/mol. The van der Waals surface area contributed by atoms with Crippen LogP contribution in [0.25, 0.3) is 0 Å². The third kappa shape index (κ3) is 11.5. The molecule has 84 valence electrons. The van der Waals surface area contributed by atoms with Crippen LogP contribution in [-0.2, 0) is 9.47 Å². The third-order valence-electron chi connectivity index (χ3n) is 2.06. The molecule has 0 aliphatic heterocycles. The zero-order valence-corrected chi connectivity index (χ0v) is 9.46. The van der Waals surface area contributed by atoms with Crippen molar-refractivity contribution in [2.45, 2.75) is 45.4 Å². The molecule has 0 spiro atoms. The van der Waals surface area contributed by atoms with Gasteiger partial charge in [0.15, 0.2) is 0 Å². The van der Waals surface area contributed by atoms with E-state index in [1.807, 2.05) is 0 Å². The van der Waals surface area contributed by atoms with E-state index in [0.29, 0.717) is 0 Å². The van der Waals surface area contributed by atoms with E-state index in [0.717, 1.165) is 26.2 Å². The molecule has 0 saturated heterocycles. The first kappa shape index (κ1) is 13.5. The van der Waals surface area contributed by atoms with Gasteiger partial charge in [-0.3, -0.25) is 0 Å². The molecule has 0 heterocycles. The normalized spacial score (nSPS) is 10.1. The summed E-state index contributed by atoms with van der Waals surface area (Å²) in [5, 5.41) is 0. The molecule has 0 bridgehead atoms. The van der Waals surface area contributed by atoms with Gasteiger partial charge in [0.2, 0.25) is 0 Å². The van der Waals surface area contributed by atoms with Crippen LogP contribution < -0.4 is 0 Å². The maximum atomic E-state index is 5.45. The molecule has 0 saturated carbocycles. The summed E-state index contributed by atoms with van der Waals surface area (Å²) < 4.78 is 10.5. The Balaban J connectivity index is 2.81. The van der Waals surface area contributed by atoms with Crippen molar-refractivity contribution >= 4 is 0 Å². The predicted octanol–water partition coefficient (Wildman–Crippen LogP) is 3.52. The number of unbranched alkanes of at least 4 members (excludes halogenated alkanes) is 4. The summed E-state index contributed by atoms with van der Waals surface area (Å²) in [5.74, 6) is 0. The van der Waals surface area contributed by atoms with E-state index in [1.165, 1.54) is 38.4 Å². The van der Waals surface area contributed by atoms with Crippen LogP contribution in [0.2, 0.25) is 0 Å². The molecule has 0 radical (unpaired) electrons. The van der Waals surface area contributed by atoms with E-state index in [-0.39, 0.29) is 0 Å². The maximum absolute atomic E-state index is 5.45. The van der Waals surface area contributed by atoms with Crippen molar-refractivity contribution in [3.05, 3.63) is 12.8 Å². The van der Waals surface area contributed by atoms with Crippen molar-refractivity contribution < 1.29 is 9.47 Å². The SMILES string of the molecule is C=COCCCCCCOCCCC. The van der Waals surface area contributed by atoms with Gasteiger partial charge in [0.05, 0.1) is 12.9 Å². The predicted molar refractivity (Wildman–Crippen MR) is 60.3 cm³/mol. The highest BCUT2D eigenvalue weighted by Crippen LogP contribution is 2.01. The Labute approximate surface area is 88.3 Å². The molecule has 14 heavy (non-hydrogen) atoms. The van der Waals surface area contributed by atoms with Crippen LogP contribution in [0.1, 0.15) is 45.4 Å². The number of hydrogen-bond acceptors (Lipinski definition) is 2. The van der Waals surface area contributed by atoms with Crippen LogP contribution in [0.3, 0.4) is 0 Å². The van der Waals surface area contributed by atoms with E-state index >= 15 is 0 Å². The zero-order chi connectivity index (χ0) is 10.5. The molecular formula is C12H24O2. The number of hydrogen-bond donors (Lipinski definition) is 0. The van der Waals surface area contributed by atoms with E-state index in [9.17, 15) is 0 Å². The summed E-state index contributed by atoms with van der Waals surface area (Å²) >= 11 is 0. The molecule has 0 aromatic rings. The molecule has 2 nitrogen and oxygen atoms in total. The van der Waals surface area contributed by atoms with E-state index in [4.69, 9.17) is 9.47 Å². The summed E-state index contributed by atoms with van der Waals surface area (Å²) in [7, 11) is 0. The fraction of sp³-hybridized carbons (Fsp3) is 0.833. The fourth-order valence-electron chi connectivity index (χ4n) is 1.17. The molecule has 0 amide bonds. The molecule has 0 atom stereocenters. The van der Waals surface area contributed by atoms with Crippen LogP contribution in [0.5, 0.6) is 0 Å². The molecule has 2 heteroatoms.